The summed E-state index contributed by atoms with van der Waals surface area (Å²) in [7, 11) is 3.78. The minimum atomic E-state index is 0.677. The van der Waals surface area contributed by atoms with Crippen LogP contribution in [0.4, 0.5) is 5.69 Å². The Morgan fingerprint density at radius 3 is 3.18 bits per heavy atom. The summed E-state index contributed by atoms with van der Waals surface area (Å²) in [6.45, 7) is 3.38. The molecule has 1 aromatic heterocycles. The first-order valence-corrected chi connectivity index (χ1v) is 6.21. The van der Waals surface area contributed by atoms with Gasteiger partial charge < -0.3 is 15.0 Å². The number of anilines is 1. The predicted molar refractivity (Wildman–Crippen MR) is 69.7 cm³/mol. The second-order valence-electron chi connectivity index (χ2n) is 4.65. The van der Waals surface area contributed by atoms with E-state index in [1.807, 2.05) is 12.1 Å². The molecule has 1 aliphatic rings. The molecule has 0 amide bonds. The van der Waals surface area contributed by atoms with Gasteiger partial charge >= 0.3 is 0 Å². The number of nitrogens with zero attached hydrogens (tertiary/aromatic N) is 2. The molecular formula is C13H21N3O. The zero-order valence-electron chi connectivity index (χ0n) is 10.6. The minimum Gasteiger partial charge on any atom is -0.481 e. The number of nitrogens with one attached hydrogen (secondary N) is 1. The summed E-state index contributed by atoms with van der Waals surface area (Å²) in [6, 6.07) is 4.01. The largest absolute Gasteiger partial charge is 0.481 e. The average molecular weight is 235 g/mol. The summed E-state index contributed by atoms with van der Waals surface area (Å²) in [5, 5.41) is 3.45. The molecule has 1 aromatic rings. The molecule has 1 saturated heterocycles. The van der Waals surface area contributed by atoms with Gasteiger partial charge in [0.15, 0.2) is 0 Å². The molecule has 0 aliphatic carbocycles. The molecule has 4 heteroatoms. The predicted octanol–water partition coefficient (Wildman–Crippen LogP) is 1.53. The van der Waals surface area contributed by atoms with E-state index in [1.165, 1.54) is 25.1 Å². The van der Waals surface area contributed by atoms with Gasteiger partial charge in [0, 0.05) is 31.5 Å². The fourth-order valence-corrected chi connectivity index (χ4v) is 2.32. The van der Waals surface area contributed by atoms with E-state index in [0.717, 1.165) is 19.0 Å². The fourth-order valence-electron chi connectivity index (χ4n) is 2.32. The molecule has 0 spiro atoms. The minimum absolute atomic E-state index is 0.677. The smallest absolute Gasteiger partial charge is 0.214 e. The molecule has 1 fully saturated rings. The zero-order chi connectivity index (χ0) is 12.1. The highest BCUT2D eigenvalue weighted by molar-refractivity contribution is 5.47. The van der Waals surface area contributed by atoms with Gasteiger partial charge in [0.1, 0.15) is 0 Å². The van der Waals surface area contributed by atoms with Crippen LogP contribution in [-0.4, -0.2) is 38.8 Å². The van der Waals surface area contributed by atoms with Gasteiger partial charge in [-0.3, -0.25) is 0 Å². The molecule has 1 atom stereocenters. The molecule has 0 saturated carbocycles. The Morgan fingerprint density at radius 1 is 1.59 bits per heavy atom. The Balaban J connectivity index is 1.95. The summed E-state index contributed by atoms with van der Waals surface area (Å²) in [4.78, 5) is 6.41. The number of methoxy groups -OCH3 is 1. The average Bonchev–Trinajstić information content (AvgIpc) is 2.40. The summed E-state index contributed by atoms with van der Waals surface area (Å²) in [5.74, 6) is 1.42. The van der Waals surface area contributed by atoms with Crippen molar-refractivity contribution in [2.45, 2.75) is 12.8 Å². The van der Waals surface area contributed by atoms with Gasteiger partial charge in [0.25, 0.3) is 0 Å². The topological polar surface area (TPSA) is 37.4 Å². The Bertz CT molecular complexity index is 350. The van der Waals surface area contributed by atoms with Gasteiger partial charge in [0.05, 0.1) is 7.11 Å². The second-order valence-corrected chi connectivity index (χ2v) is 4.65. The van der Waals surface area contributed by atoms with E-state index in [-0.39, 0.29) is 0 Å². The van der Waals surface area contributed by atoms with Crippen molar-refractivity contribution in [3.8, 4) is 5.88 Å². The van der Waals surface area contributed by atoms with Crippen molar-refractivity contribution in [3.63, 3.8) is 0 Å². The molecule has 0 aromatic carbocycles. The molecule has 17 heavy (non-hydrogen) atoms. The molecule has 94 valence electrons. The lowest BCUT2D eigenvalue weighted by Crippen LogP contribution is -2.36. The Hall–Kier alpha value is -1.29. The van der Waals surface area contributed by atoms with E-state index in [1.54, 1.807) is 13.3 Å². The van der Waals surface area contributed by atoms with Crippen LogP contribution in [0.3, 0.4) is 0 Å². The molecule has 0 bridgehead atoms. The molecule has 2 heterocycles. The summed E-state index contributed by atoms with van der Waals surface area (Å²) < 4.78 is 5.14. The number of rotatable bonds is 4. The summed E-state index contributed by atoms with van der Waals surface area (Å²) in [5.41, 5.74) is 1.17. The van der Waals surface area contributed by atoms with E-state index >= 15 is 0 Å². The molecule has 1 N–H and O–H groups in total. The van der Waals surface area contributed by atoms with Gasteiger partial charge in [-0.05, 0) is 37.9 Å². The van der Waals surface area contributed by atoms with Crippen LogP contribution >= 0.6 is 0 Å². The number of hydrogen-bond acceptors (Lipinski definition) is 4. The van der Waals surface area contributed by atoms with Crippen molar-refractivity contribution >= 4 is 5.69 Å². The Morgan fingerprint density at radius 2 is 2.47 bits per heavy atom. The van der Waals surface area contributed by atoms with Crippen LogP contribution in [0.5, 0.6) is 5.88 Å². The standard InChI is InChI=1S/C13H21N3O/c1-16(10-11-4-3-6-14-9-11)12-5-7-15-13(8-12)17-2/h5,7-8,11,14H,3-4,6,9-10H2,1-2H3. The van der Waals surface area contributed by atoms with Crippen molar-refractivity contribution in [1.29, 1.82) is 0 Å². The second kappa shape index (κ2) is 5.87. The van der Waals surface area contributed by atoms with Crippen LogP contribution < -0.4 is 15.0 Å². The number of piperidine rings is 1. The van der Waals surface area contributed by atoms with Gasteiger partial charge in [0.2, 0.25) is 5.88 Å². The van der Waals surface area contributed by atoms with Crippen LogP contribution in [-0.2, 0) is 0 Å². The summed E-state index contributed by atoms with van der Waals surface area (Å²) >= 11 is 0. The van der Waals surface area contributed by atoms with E-state index in [0.29, 0.717) is 5.88 Å². The SMILES string of the molecule is COc1cc(N(C)CC2CCCNC2)ccn1. The van der Waals surface area contributed by atoms with E-state index in [4.69, 9.17) is 4.74 Å². The quantitative estimate of drug-likeness (QED) is 0.858. The van der Waals surface area contributed by atoms with Gasteiger partial charge in [-0.15, -0.1) is 0 Å². The molecule has 1 unspecified atom stereocenters. The third-order valence-electron chi connectivity index (χ3n) is 3.30. The number of pyridine rings is 1. The van der Waals surface area contributed by atoms with Crippen LogP contribution in [0.15, 0.2) is 18.3 Å². The summed E-state index contributed by atoms with van der Waals surface area (Å²) in [6.07, 6.45) is 4.40. The molecule has 0 radical (unpaired) electrons. The van der Waals surface area contributed by atoms with Crippen molar-refractivity contribution in [2.24, 2.45) is 5.92 Å². The first-order chi connectivity index (χ1) is 8.29. The lowest BCUT2D eigenvalue weighted by Gasteiger charge is -2.28. The zero-order valence-corrected chi connectivity index (χ0v) is 10.6. The highest BCUT2D eigenvalue weighted by Crippen LogP contribution is 2.20. The molecular weight excluding hydrogens is 214 g/mol. The maximum atomic E-state index is 5.14. The maximum Gasteiger partial charge on any atom is 0.214 e. The molecule has 4 nitrogen and oxygen atoms in total. The highest BCUT2D eigenvalue weighted by Gasteiger charge is 2.15. The van der Waals surface area contributed by atoms with Crippen LogP contribution in [0, 0.1) is 5.92 Å². The lowest BCUT2D eigenvalue weighted by molar-refractivity contribution is 0.380. The van der Waals surface area contributed by atoms with Crippen LogP contribution in [0.2, 0.25) is 0 Å². The van der Waals surface area contributed by atoms with Crippen LogP contribution in [0.1, 0.15) is 12.8 Å². The van der Waals surface area contributed by atoms with E-state index in [9.17, 15) is 0 Å². The Kier molecular flexibility index (Phi) is 4.20. The molecule has 1 aliphatic heterocycles. The van der Waals surface area contributed by atoms with Gasteiger partial charge in [-0.2, -0.15) is 0 Å². The monoisotopic (exact) mass is 235 g/mol. The van der Waals surface area contributed by atoms with E-state index in [2.05, 4.69) is 22.2 Å². The van der Waals surface area contributed by atoms with Crippen molar-refractivity contribution < 1.29 is 4.74 Å². The van der Waals surface area contributed by atoms with Crippen molar-refractivity contribution in [3.05, 3.63) is 18.3 Å². The first kappa shape index (κ1) is 12.2. The van der Waals surface area contributed by atoms with Crippen molar-refractivity contribution in [1.82, 2.24) is 10.3 Å². The number of hydrogen-bond donors (Lipinski definition) is 1. The van der Waals surface area contributed by atoms with E-state index < -0.39 is 0 Å². The molecule has 2 rings (SSSR count). The maximum absolute atomic E-state index is 5.14. The van der Waals surface area contributed by atoms with Crippen molar-refractivity contribution in [2.75, 3.05) is 38.7 Å². The third kappa shape index (κ3) is 3.33. The Labute approximate surface area is 103 Å². The van der Waals surface area contributed by atoms with Gasteiger partial charge in [-0.25, -0.2) is 4.98 Å². The first-order valence-electron chi connectivity index (χ1n) is 6.21. The van der Waals surface area contributed by atoms with Gasteiger partial charge in [-0.1, -0.05) is 0 Å². The van der Waals surface area contributed by atoms with Crippen LogP contribution in [0.25, 0.3) is 0 Å². The lowest BCUT2D eigenvalue weighted by atomic mass is 9.99. The highest BCUT2D eigenvalue weighted by atomic mass is 16.5. The third-order valence-corrected chi connectivity index (χ3v) is 3.30. The normalized spacial score (nSPS) is 20.0. The number of ether oxygens (including phenoxy) is 1. The number of aromatic nitrogens is 1. The fraction of sp³-hybridized carbons (Fsp3) is 0.615.